The standard InChI is InChI=1S/C20H22N4O3S/c25-18(10-16-5-2-9-28-16)24-8-3-6-20(14-24)11-17(23-27-20)19(26)22-13-15-4-1-7-21-12-15/h1-2,4-5,7,9,12H,3,6,8,10-11,13-14H2,(H,22,26)/t20-/m1/s1. The number of likely N-dealkylation sites (tertiary alicyclic amines) is 1. The lowest BCUT2D eigenvalue weighted by Crippen LogP contribution is -2.51. The fourth-order valence-electron chi connectivity index (χ4n) is 3.63. The Kier molecular flexibility index (Phi) is 5.38. The van der Waals surface area contributed by atoms with E-state index in [0.717, 1.165) is 29.8 Å². The van der Waals surface area contributed by atoms with Gasteiger partial charge in [0.2, 0.25) is 5.91 Å². The van der Waals surface area contributed by atoms with Crippen molar-refractivity contribution >= 4 is 28.9 Å². The van der Waals surface area contributed by atoms with E-state index in [4.69, 9.17) is 4.84 Å². The van der Waals surface area contributed by atoms with Gasteiger partial charge in [0.1, 0.15) is 5.71 Å². The molecule has 2 amide bonds. The number of thiophene rings is 1. The van der Waals surface area contributed by atoms with Crippen LogP contribution >= 0.6 is 11.3 Å². The van der Waals surface area contributed by atoms with E-state index in [0.29, 0.717) is 31.6 Å². The van der Waals surface area contributed by atoms with Crippen molar-refractivity contribution in [2.24, 2.45) is 5.16 Å². The monoisotopic (exact) mass is 398 g/mol. The molecule has 1 atom stereocenters. The molecule has 0 saturated carbocycles. The highest BCUT2D eigenvalue weighted by molar-refractivity contribution is 7.10. The second-order valence-electron chi connectivity index (χ2n) is 7.21. The fraction of sp³-hybridized carbons (Fsp3) is 0.400. The van der Waals surface area contributed by atoms with Gasteiger partial charge in [0, 0.05) is 36.8 Å². The average Bonchev–Trinajstić information content (AvgIpc) is 3.37. The zero-order valence-electron chi connectivity index (χ0n) is 15.5. The summed E-state index contributed by atoms with van der Waals surface area (Å²) in [4.78, 5) is 37.7. The maximum Gasteiger partial charge on any atom is 0.269 e. The van der Waals surface area contributed by atoms with E-state index in [-0.39, 0.29) is 11.8 Å². The topological polar surface area (TPSA) is 83.9 Å². The molecule has 0 unspecified atom stereocenters. The summed E-state index contributed by atoms with van der Waals surface area (Å²) < 4.78 is 0. The Morgan fingerprint density at radius 3 is 3.04 bits per heavy atom. The van der Waals surface area contributed by atoms with Crippen molar-refractivity contribution in [1.29, 1.82) is 0 Å². The third kappa shape index (κ3) is 4.22. The number of carbonyl (C=O) groups is 2. The third-order valence-electron chi connectivity index (χ3n) is 5.07. The van der Waals surface area contributed by atoms with Crippen molar-refractivity contribution in [3.05, 3.63) is 52.5 Å². The Bertz CT molecular complexity index is 869. The minimum absolute atomic E-state index is 0.0969. The number of nitrogens with zero attached hydrogens (tertiary/aromatic N) is 3. The lowest BCUT2D eigenvalue weighted by Gasteiger charge is -2.38. The minimum Gasteiger partial charge on any atom is -0.386 e. The summed E-state index contributed by atoms with van der Waals surface area (Å²) in [6.07, 6.45) is 5.88. The summed E-state index contributed by atoms with van der Waals surface area (Å²) in [7, 11) is 0. The zero-order chi connectivity index (χ0) is 19.4. The van der Waals surface area contributed by atoms with Gasteiger partial charge in [-0.1, -0.05) is 17.3 Å². The molecule has 0 aliphatic carbocycles. The molecule has 2 aliphatic heterocycles. The Hall–Kier alpha value is -2.74. The number of amides is 2. The largest absolute Gasteiger partial charge is 0.386 e. The van der Waals surface area contributed by atoms with Crippen molar-refractivity contribution < 1.29 is 14.4 Å². The summed E-state index contributed by atoms with van der Waals surface area (Å²) >= 11 is 1.59. The first-order valence-electron chi connectivity index (χ1n) is 9.36. The maximum absolute atomic E-state index is 12.6. The molecule has 2 aliphatic rings. The van der Waals surface area contributed by atoms with Crippen LogP contribution < -0.4 is 5.32 Å². The smallest absolute Gasteiger partial charge is 0.269 e. The average molecular weight is 398 g/mol. The Balaban J connectivity index is 1.32. The molecule has 1 spiro atoms. The molecule has 146 valence electrons. The van der Waals surface area contributed by atoms with Crippen LogP contribution in [0.15, 0.2) is 47.2 Å². The molecule has 1 fully saturated rings. The highest BCUT2D eigenvalue weighted by Gasteiger charge is 2.45. The first kappa shape index (κ1) is 18.6. The Morgan fingerprint density at radius 1 is 1.32 bits per heavy atom. The van der Waals surface area contributed by atoms with Crippen LogP contribution in [0, 0.1) is 0 Å². The van der Waals surface area contributed by atoms with Crippen molar-refractivity contribution in [3.63, 3.8) is 0 Å². The van der Waals surface area contributed by atoms with Crippen LogP contribution in [0.5, 0.6) is 0 Å². The number of carbonyl (C=O) groups excluding carboxylic acids is 2. The molecule has 0 bridgehead atoms. The lowest BCUT2D eigenvalue weighted by molar-refractivity contribution is -0.139. The number of hydrogen-bond acceptors (Lipinski definition) is 6. The van der Waals surface area contributed by atoms with Crippen LogP contribution in [0.2, 0.25) is 0 Å². The van der Waals surface area contributed by atoms with Gasteiger partial charge in [-0.25, -0.2) is 0 Å². The Labute approximate surface area is 167 Å². The van der Waals surface area contributed by atoms with E-state index in [1.165, 1.54) is 0 Å². The van der Waals surface area contributed by atoms with Gasteiger partial charge in [0.15, 0.2) is 5.60 Å². The first-order chi connectivity index (χ1) is 13.6. The van der Waals surface area contributed by atoms with Gasteiger partial charge >= 0.3 is 0 Å². The van der Waals surface area contributed by atoms with Crippen LogP contribution in [0.1, 0.15) is 29.7 Å². The van der Waals surface area contributed by atoms with Gasteiger partial charge in [-0.2, -0.15) is 0 Å². The van der Waals surface area contributed by atoms with Gasteiger partial charge in [-0.3, -0.25) is 14.6 Å². The molecule has 4 rings (SSSR count). The molecule has 2 aromatic rings. The van der Waals surface area contributed by atoms with Gasteiger partial charge < -0.3 is 15.1 Å². The molecule has 8 heteroatoms. The molecule has 4 heterocycles. The number of nitrogens with one attached hydrogen (secondary N) is 1. The van der Waals surface area contributed by atoms with Crippen LogP contribution in [0.4, 0.5) is 0 Å². The molecular formula is C20H22N4O3S. The predicted molar refractivity (Wildman–Crippen MR) is 106 cm³/mol. The summed E-state index contributed by atoms with van der Waals surface area (Å²) in [6, 6.07) is 7.66. The lowest BCUT2D eigenvalue weighted by atomic mass is 9.88. The van der Waals surface area contributed by atoms with E-state index in [2.05, 4.69) is 15.5 Å². The van der Waals surface area contributed by atoms with E-state index in [1.807, 2.05) is 34.5 Å². The van der Waals surface area contributed by atoms with E-state index in [1.54, 1.807) is 23.7 Å². The quantitative estimate of drug-likeness (QED) is 0.836. The van der Waals surface area contributed by atoms with Crippen molar-refractivity contribution in [2.45, 2.75) is 37.8 Å². The second kappa shape index (κ2) is 8.10. The number of pyridine rings is 1. The number of hydrogen-bond donors (Lipinski definition) is 1. The number of oxime groups is 1. The summed E-state index contributed by atoms with van der Waals surface area (Å²) in [5, 5.41) is 8.88. The zero-order valence-corrected chi connectivity index (χ0v) is 16.3. The van der Waals surface area contributed by atoms with E-state index < -0.39 is 5.60 Å². The van der Waals surface area contributed by atoms with Gasteiger partial charge in [-0.15, -0.1) is 11.3 Å². The summed E-state index contributed by atoms with van der Waals surface area (Å²) in [6.45, 7) is 1.59. The fourth-order valence-corrected chi connectivity index (χ4v) is 4.33. The van der Waals surface area contributed by atoms with Gasteiger partial charge in [0.25, 0.3) is 5.91 Å². The number of piperidine rings is 1. The van der Waals surface area contributed by atoms with Crippen LogP contribution in [-0.2, 0) is 27.4 Å². The molecule has 1 N–H and O–H groups in total. The summed E-state index contributed by atoms with van der Waals surface area (Å²) in [5.41, 5.74) is 0.731. The maximum atomic E-state index is 12.6. The Morgan fingerprint density at radius 2 is 2.25 bits per heavy atom. The van der Waals surface area contributed by atoms with Gasteiger partial charge in [-0.05, 0) is 35.9 Å². The van der Waals surface area contributed by atoms with E-state index >= 15 is 0 Å². The second-order valence-corrected chi connectivity index (χ2v) is 8.24. The van der Waals surface area contributed by atoms with Crippen LogP contribution in [0.25, 0.3) is 0 Å². The van der Waals surface area contributed by atoms with Crippen LogP contribution in [0.3, 0.4) is 0 Å². The van der Waals surface area contributed by atoms with Crippen molar-refractivity contribution in [3.8, 4) is 0 Å². The third-order valence-corrected chi connectivity index (χ3v) is 5.95. The minimum atomic E-state index is -0.579. The molecular weight excluding hydrogens is 376 g/mol. The molecule has 1 saturated heterocycles. The van der Waals surface area contributed by atoms with Crippen molar-refractivity contribution in [1.82, 2.24) is 15.2 Å². The van der Waals surface area contributed by atoms with E-state index in [9.17, 15) is 9.59 Å². The molecule has 2 aromatic heterocycles. The van der Waals surface area contributed by atoms with Gasteiger partial charge in [0.05, 0.1) is 13.0 Å². The summed E-state index contributed by atoms with van der Waals surface area (Å²) in [5.74, 6) is -0.137. The predicted octanol–water partition coefficient (Wildman–Crippen LogP) is 2.14. The SMILES string of the molecule is O=C(NCc1cccnc1)C1=NO[C@]2(CCCN(C(=O)Cc3cccs3)C2)C1. The highest BCUT2D eigenvalue weighted by Crippen LogP contribution is 2.33. The number of rotatable bonds is 5. The molecule has 28 heavy (non-hydrogen) atoms. The number of aromatic nitrogens is 1. The first-order valence-corrected chi connectivity index (χ1v) is 10.2. The molecule has 0 radical (unpaired) electrons. The highest BCUT2D eigenvalue weighted by atomic mass is 32.1. The molecule has 0 aromatic carbocycles. The normalized spacial score (nSPS) is 21.3. The molecule has 7 nitrogen and oxygen atoms in total. The van der Waals surface area contributed by atoms with Crippen LogP contribution in [-0.4, -0.2) is 46.1 Å². The van der Waals surface area contributed by atoms with Crippen molar-refractivity contribution in [2.75, 3.05) is 13.1 Å².